The summed E-state index contributed by atoms with van der Waals surface area (Å²) in [4.78, 5) is 9.97. The molecule has 0 saturated carbocycles. The van der Waals surface area contributed by atoms with Crippen molar-refractivity contribution in [2.24, 2.45) is 16.5 Å². The van der Waals surface area contributed by atoms with Crippen LogP contribution in [0.1, 0.15) is 11.3 Å². The number of rotatable bonds is 4. The Kier molecular flexibility index (Phi) is 3.70. The molecule has 1 aliphatic heterocycles. The molecule has 2 heterocycles. The van der Waals surface area contributed by atoms with Crippen molar-refractivity contribution in [1.29, 1.82) is 0 Å². The highest BCUT2D eigenvalue weighted by molar-refractivity contribution is 5.88. The van der Waals surface area contributed by atoms with E-state index in [0.717, 1.165) is 31.7 Å². The summed E-state index contributed by atoms with van der Waals surface area (Å²) in [5, 5.41) is 4.53. The number of aromatic amines is 1. The van der Waals surface area contributed by atoms with Crippen molar-refractivity contribution in [3.05, 3.63) is 29.5 Å². The Morgan fingerprint density at radius 1 is 1.43 bits per heavy atom. The van der Waals surface area contributed by atoms with Crippen molar-refractivity contribution in [1.82, 2.24) is 9.88 Å². The number of aliphatic imine (C=N–C) groups is 1. The first-order chi connectivity index (χ1) is 10.2. The van der Waals surface area contributed by atoms with E-state index in [2.05, 4.69) is 38.4 Å². The number of nitrogens with two attached hydrogens (primary N) is 2. The van der Waals surface area contributed by atoms with Gasteiger partial charge in [0.25, 0.3) is 0 Å². The van der Waals surface area contributed by atoms with Crippen LogP contribution in [0.25, 0.3) is 10.9 Å². The molecule has 0 unspecified atom stereocenters. The topological polar surface area (TPSA) is 95.5 Å². The Hall–Kier alpha value is -2.21. The minimum absolute atomic E-state index is 0.165. The lowest BCUT2D eigenvalue weighted by atomic mass is 10.0. The lowest BCUT2D eigenvalue weighted by Gasteiger charge is -2.26. The van der Waals surface area contributed by atoms with Gasteiger partial charge < -0.3 is 21.8 Å². The van der Waals surface area contributed by atoms with E-state index in [1.165, 1.54) is 22.2 Å². The summed E-state index contributed by atoms with van der Waals surface area (Å²) >= 11 is 0. The van der Waals surface area contributed by atoms with Gasteiger partial charge >= 0.3 is 0 Å². The van der Waals surface area contributed by atoms with E-state index >= 15 is 0 Å². The number of nitrogens with zero attached hydrogens (tertiary/aromatic N) is 2. The summed E-state index contributed by atoms with van der Waals surface area (Å²) < 4.78 is 0. The Bertz CT molecular complexity index is 668. The maximum atomic E-state index is 5.36. The van der Waals surface area contributed by atoms with Crippen LogP contribution in [0.4, 0.5) is 5.69 Å². The molecule has 0 radical (unpaired) electrons. The summed E-state index contributed by atoms with van der Waals surface area (Å²) in [7, 11) is 1.95. The lowest BCUT2D eigenvalue weighted by molar-refractivity contribution is 0.259. The summed E-state index contributed by atoms with van der Waals surface area (Å²) in [5.74, 6) is 0.165. The second kappa shape index (κ2) is 5.65. The first-order valence-electron chi connectivity index (χ1n) is 7.26. The van der Waals surface area contributed by atoms with Crippen LogP contribution >= 0.6 is 0 Å². The zero-order chi connectivity index (χ0) is 14.8. The second-order valence-electron chi connectivity index (χ2n) is 5.43. The lowest BCUT2D eigenvalue weighted by Crippen LogP contribution is -2.33. The van der Waals surface area contributed by atoms with Crippen molar-refractivity contribution < 1.29 is 0 Å². The molecule has 112 valence electrons. The Balaban J connectivity index is 1.79. The zero-order valence-electron chi connectivity index (χ0n) is 12.3. The van der Waals surface area contributed by atoms with Crippen LogP contribution in [0.2, 0.25) is 0 Å². The van der Waals surface area contributed by atoms with Crippen molar-refractivity contribution in [3.63, 3.8) is 0 Å². The Morgan fingerprint density at radius 3 is 3.05 bits per heavy atom. The Morgan fingerprint density at radius 2 is 2.29 bits per heavy atom. The molecule has 3 rings (SSSR count). The highest BCUT2D eigenvalue weighted by atomic mass is 15.2. The molecule has 6 heteroatoms. The molecule has 0 amide bonds. The van der Waals surface area contributed by atoms with E-state index < -0.39 is 0 Å². The van der Waals surface area contributed by atoms with Gasteiger partial charge in [0.15, 0.2) is 5.96 Å². The first-order valence-corrected chi connectivity index (χ1v) is 7.26. The number of anilines is 1. The van der Waals surface area contributed by atoms with Crippen LogP contribution in [0.5, 0.6) is 0 Å². The fraction of sp³-hybridized carbons (Fsp3) is 0.400. The van der Waals surface area contributed by atoms with Gasteiger partial charge in [-0.2, -0.15) is 0 Å². The average molecular weight is 286 g/mol. The van der Waals surface area contributed by atoms with Crippen molar-refractivity contribution >= 4 is 22.5 Å². The van der Waals surface area contributed by atoms with Crippen molar-refractivity contribution in [3.8, 4) is 0 Å². The van der Waals surface area contributed by atoms with Gasteiger partial charge in [-0.05, 0) is 30.2 Å². The van der Waals surface area contributed by atoms with Gasteiger partial charge in [0, 0.05) is 49.0 Å². The van der Waals surface area contributed by atoms with E-state index in [-0.39, 0.29) is 5.96 Å². The molecule has 0 saturated heterocycles. The predicted octanol–water partition coefficient (Wildman–Crippen LogP) is 0.841. The predicted molar refractivity (Wildman–Crippen MR) is 87.5 cm³/mol. The van der Waals surface area contributed by atoms with Gasteiger partial charge in [-0.15, -0.1) is 0 Å². The van der Waals surface area contributed by atoms with Crippen molar-refractivity contribution in [2.75, 3.05) is 32.0 Å². The summed E-state index contributed by atoms with van der Waals surface area (Å²) in [6.07, 6.45) is 1.06. The molecule has 6 nitrogen and oxygen atoms in total. The van der Waals surface area contributed by atoms with Crippen LogP contribution < -0.4 is 16.8 Å². The number of aromatic nitrogens is 1. The zero-order valence-corrected chi connectivity index (χ0v) is 12.3. The molecule has 0 fully saturated rings. The standard InChI is InChI=1S/C15H22N6/c1-18-10-2-3-13-12(8-10)11-4-6-21(9-14(11)20-13)7-5-19-15(16)17/h2-3,8,18,20H,4-7,9H2,1H3,(H4,16,17,19). The number of guanidine groups is 1. The largest absolute Gasteiger partial charge is 0.388 e. The molecule has 2 aromatic rings. The molecule has 21 heavy (non-hydrogen) atoms. The van der Waals surface area contributed by atoms with E-state index in [4.69, 9.17) is 11.5 Å². The van der Waals surface area contributed by atoms with Crippen molar-refractivity contribution in [2.45, 2.75) is 13.0 Å². The first kappa shape index (κ1) is 13.8. The molecule has 0 bridgehead atoms. The highest BCUT2D eigenvalue weighted by Gasteiger charge is 2.20. The second-order valence-corrected chi connectivity index (χ2v) is 5.43. The molecule has 1 aliphatic rings. The van der Waals surface area contributed by atoms with Gasteiger partial charge in [-0.1, -0.05) is 0 Å². The maximum Gasteiger partial charge on any atom is 0.185 e. The smallest absolute Gasteiger partial charge is 0.185 e. The SMILES string of the molecule is CNc1ccc2[nH]c3c(c2c1)CCN(CCN=C(N)N)C3. The average Bonchev–Trinajstić information content (AvgIpc) is 2.83. The summed E-state index contributed by atoms with van der Waals surface area (Å²) in [5.41, 5.74) is 15.8. The van der Waals surface area contributed by atoms with Gasteiger partial charge in [0.1, 0.15) is 0 Å². The van der Waals surface area contributed by atoms with E-state index in [9.17, 15) is 0 Å². The van der Waals surface area contributed by atoms with E-state index in [0.29, 0.717) is 6.54 Å². The third-order valence-electron chi connectivity index (χ3n) is 4.05. The number of hydrogen-bond donors (Lipinski definition) is 4. The molecule has 1 aromatic carbocycles. The molecule has 0 atom stereocenters. The van der Waals surface area contributed by atoms with E-state index in [1.807, 2.05) is 7.05 Å². The number of nitrogens with one attached hydrogen (secondary N) is 2. The van der Waals surface area contributed by atoms with Gasteiger partial charge in [-0.3, -0.25) is 9.89 Å². The van der Waals surface area contributed by atoms with Crippen LogP contribution in [0.3, 0.4) is 0 Å². The fourth-order valence-corrected chi connectivity index (χ4v) is 2.96. The highest BCUT2D eigenvalue weighted by Crippen LogP contribution is 2.29. The normalized spacial score (nSPS) is 14.9. The molecule has 0 aliphatic carbocycles. The number of fused-ring (bicyclic) bond motifs is 3. The van der Waals surface area contributed by atoms with Crippen LogP contribution in [-0.2, 0) is 13.0 Å². The monoisotopic (exact) mass is 286 g/mol. The number of H-pyrrole nitrogens is 1. The molecular weight excluding hydrogens is 264 g/mol. The van der Waals surface area contributed by atoms with Crippen LogP contribution in [0, 0.1) is 0 Å². The van der Waals surface area contributed by atoms with Gasteiger partial charge in [-0.25, -0.2) is 0 Å². The fourth-order valence-electron chi connectivity index (χ4n) is 2.96. The van der Waals surface area contributed by atoms with E-state index in [1.54, 1.807) is 0 Å². The third kappa shape index (κ3) is 2.80. The molecule has 6 N–H and O–H groups in total. The molecular formula is C15H22N6. The summed E-state index contributed by atoms with van der Waals surface area (Å²) in [6.45, 7) is 3.51. The number of benzene rings is 1. The van der Waals surface area contributed by atoms with Gasteiger partial charge in [0.05, 0.1) is 6.54 Å². The quantitative estimate of drug-likeness (QED) is 0.495. The maximum absolute atomic E-state index is 5.36. The minimum atomic E-state index is 0.165. The minimum Gasteiger partial charge on any atom is -0.388 e. The summed E-state index contributed by atoms with van der Waals surface area (Å²) in [6, 6.07) is 6.46. The Labute approximate surface area is 124 Å². The van der Waals surface area contributed by atoms with Gasteiger partial charge in [0.2, 0.25) is 0 Å². The molecule has 1 aromatic heterocycles. The van der Waals surface area contributed by atoms with Crippen LogP contribution in [0.15, 0.2) is 23.2 Å². The number of hydrogen-bond acceptors (Lipinski definition) is 3. The molecule has 0 spiro atoms. The third-order valence-corrected chi connectivity index (χ3v) is 4.05. The van der Waals surface area contributed by atoms with Crippen LogP contribution in [-0.4, -0.2) is 42.5 Å².